The van der Waals surface area contributed by atoms with Gasteiger partial charge < -0.3 is 60.6 Å². The third-order valence-corrected chi connectivity index (χ3v) is 1.28. The zero-order chi connectivity index (χ0) is 11.9. The Morgan fingerprint density at radius 3 is 1.95 bits per heavy atom. The van der Waals surface area contributed by atoms with Gasteiger partial charge >= 0.3 is 29.5 Å². The van der Waals surface area contributed by atoms with Crippen LogP contribution in [-0.4, -0.2) is 44.2 Å². The molecule has 1 rings (SSSR count). The summed E-state index contributed by atoms with van der Waals surface area (Å²) in [5.41, 5.74) is 0. The van der Waals surface area contributed by atoms with Crippen LogP contribution in [0.25, 0.3) is 0 Å². The second-order valence-corrected chi connectivity index (χ2v) is 2.60. The number of rotatable bonds is 2. The smallest absolute Gasteiger partial charge is 1.00 e. The van der Waals surface area contributed by atoms with Crippen molar-refractivity contribution >= 4 is 23.3 Å². The summed E-state index contributed by atoms with van der Waals surface area (Å²) in [4.78, 5) is 12.8. The van der Waals surface area contributed by atoms with Crippen LogP contribution in [0.2, 0.25) is 0 Å². The van der Waals surface area contributed by atoms with Crippen molar-refractivity contribution in [2.24, 2.45) is 0 Å². The average molecular weight is 491 g/mol. The second kappa shape index (κ2) is 16.5. The molecule has 0 atom stereocenters. The summed E-state index contributed by atoms with van der Waals surface area (Å²) in [6.07, 6.45) is 1.71. The van der Waals surface area contributed by atoms with E-state index in [0.717, 1.165) is 6.54 Å². The summed E-state index contributed by atoms with van der Waals surface area (Å²) < 4.78 is 33.8. The van der Waals surface area contributed by atoms with Crippen molar-refractivity contribution in [1.82, 2.24) is 9.55 Å². The Morgan fingerprint density at radius 2 is 1.74 bits per heavy atom. The van der Waals surface area contributed by atoms with Crippen molar-refractivity contribution in [2.45, 2.75) is 26.1 Å². The van der Waals surface area contributed by atoms with Crippen LogP contribution in [0.4, 0.5) is 13.2 Å². The molecule has 0 unspecified atom stereocenters. The van der Waals surface area contributed by atoms with Gasteiger partial charge in [0.25, 0.3) is 0 Å². The van der Waals surface area contributed by atoms with E-state index in [1.165, 1.54) is 6.42 Å². The van der Waals surface area contributed by atoms with Crippen molar-refractivity contribution in [3.8, 4) is 0 Å². The van der Waals surface area contributed by atoms with Crippen molar-refractivity contribution < 1.29 is 74.0 Å². The average Bonchev–Trinajstić information content (AvgIpc) is 2.57. The number of hydrogen-bond donors (Lipinski definition) is 1. The normalized spacial score (nSPS) is 8.21. The molecule has 0 aromatic carbocycles. The molecule has 1 aromatic rings. The number of aliphatic carboxylic acids is 1. The number of aromatic nitrogens is 2. The summed E-state index contributed by atoms with van der Waals surface area (Å²) >= 11 is 0. The van der Waals surface area contributed by atoms with E-state index in [4.69, 9.17) is 9.90 Å². The van der Waals surface area contributed by atoms with E-state index in [-0.39, 0.29) is 68.3 Å². The number of alkyl halides is 3. The maximum absolute atomic E-state index is 10.6. The van der Waals surface area contributed by atoms with Crippen LogP contribution in [0.1, 0.15) is 13.3 Å². The molecular weight excluding hydrogens is 480 g/mol. The van der Waals surface area contributed by atoms with Crippen LogP contribution in [0.5, 0.6) is 0 Å². The summed E-state index contributed by atoms with van der Waals surface area (Å²) in [5.74, 6) is -2.76. The number of carboxylic acids is 1. The molecule has 0 aliphatic heterocycles. The first kappa shape index (κ1) is 31.7. The van der Waals surface area contributed by atoms with Gasteiger partial charge in [0.2, 0.25) is 0 Å². The number of halogens is 6. The Hall–Kier alpha value is 0.442. The minimum atomic E-state index is -5.08. The van der Waals surface area contributed by atoms with E-state index in [2.05, 4.69) is 16.5 Å². The number of nitrogens with zero attached hydrogens (tertiary/aromatic N) is 2. The summed E-state index contributed by atoms with van der Waals surface area (Å²) in [6.45, 7) is 3.24. The molecule has 0 aliphatic carbocycles. The van der Waals surface area contributed by atoms with Gasteiger partial charge in [0.05, 0.1) is 6.33 Å². The van der Waals surface area contributed by atoms with Gasteiger partial charge in [-0.3, -0.25) is 0 Å². The summed E-state index contributed by atoms with van der Waals surface area (Å²) in [7, 11) is 0. The Morgan fingerprint density at radius 1 is 1.32 bits per heavy atom. The van der Waals surface area contributed by atoms with Gasteiger partial charge in [-0.25, -0.2) is 9.78 Å². The van der Waals surface area contributed by atoms with Crippen LogP contribution >= 0.6 is 0 Å². The van der Waals surface area contributed by atoms with Gasteiger partial charge in [0.15, 0.2) is 0 Å². The van der Waals surface area contributed by atoms with Crippen LogP contribution in [0.3, 0.4) is 0 Å². The van der Waals surface area contributed by atoms with E-state index in [1.54, 1.807) is 6.20 Å². The largest absolute Gasteiger partial charge is 3.00 e. The summed E-state index contributed by atoms with van der Waals surface area (Å²) in [6, 6.07) is 0. The third kappa shape index (κ3) is 18.4. The quantitative estimate of drug-likeness (QED) is 0.419. The number of carbonyl (C=O) groups is 1. The van der Waals surface area contributed by atoms with Crippen molar-refractivity contribution in [2.75, 3.05) is 0 Å². The van der Waals surface area contributed by atoms with E-state index in [0.29, 0.717) is 0 Å². The van der Waals surface area contributed by atoms with Gasteiger partial charge in [0.1, 0.15) is 0 Å². The van der Waals surface area contributed by atoms with E-state index in [9.17, 15) is 13.2 Å². The van der Waals surface area contributed by atoms with Crippen LogP contribution in [0, 0.1) is 0 Å². The SMILES string of the molecule is CCCn1ccnc1.O=C(O)C(F)(F)F.[Al+3].[Br-].[Br-].[Br-]. The zero-order valence-electron chi connectivity index (χ0n) is 9.74. The molecule has 1 N–H and O–H groups in total. The second-order valence-electron chi connectivity index (χ2n) is 2.60. The van der Waals surface area contributed by atoms with Crippen LogP contribution in [-0.2, 0) is 11.3 Å². The van der Waals surface area contributed by atoms with Gasteiger partial charge in [-0.2, -0.15) is 13.2 Å². The fraction of sp³-hybridized carbons (Fsp3) is 0.500. The molecule has 1 heterocycles. The summed E-state index contributed by atoms with van der Waals surface area (Å²) in [5, 5.41) is 7.12. The molecule has 0 bridgehead atoms. The molecular formula is C8H11AlBr3F3N2O2. The van der Waals surface area contributed by atoms with Gasteiger partial charge in [-0.1, -0.05) is 6.92 Å². The van der Waals surface area contributed by atoms with Gasteiger partial charge in [-0.15, -0.1) is 0 Å². The van der Waals surface area contributed by atoms with E-state index < -0.39 is 12.1 Å². The van der Waals surface area contributed by atoms with E-state index in [1.807, 2.05) is 12.5 Å². The minimum Gasteiger partial charge on any atom is -1.00 e. The Kier molecular flexibility index (Phi) is 27.5. The van der Waals surface area contributed by atoms with Crippen LogP contribution in [0.15, 0.2) is 18.7 Å². The van der Waals surface area contributed by atoms with Gasteiger partial charge in [0, 0.05) is 18.9 Å². The Bertz CT molecular complexity index is 300. The van der Waals surface area contributed by atoms with Crippen molar-refractivity contribution in [1.29, 1.82) is 0 Å². The number of imidazole rings is 1. The molecule has 110 valence electrons. The predicted molar refractivity (Wildman–Crippen MR) is 52.0 cm³/mol. The fourth-order valence-electron chi connectivity index (χ4n) is 0.677. The molecule has 19 heavy (non-hydrogen) atoms. The molecule has 0 saturated heterocycles. The predicted octanol–water partition coefficient (Wildman–Crippen LogP) is -7.44. The first-order valence-corrected chi connectivity index (χ1v) is 4.13. The van der Waals surface area contributed by atoms with Crippen molar-refractivity contribution in [3.05, 3.63) is 18.7 Å². The van der Waals surface area contributed by atoms with E-state index >= 15 is 0 Å². The van der Waals surface area contributed by atoms with Crippen molar-refractivity contribution in [3.63, 3.8) is 0 Å². The number of hydrogen-bond acceptors (Lipinski definition) is 2. The van der Waals surface area contributed by atoms with Crippen LogP contribution < -0.4 is 50.9 Å². The van der Waals surface area contributed by atoms with Gasteiger partial charge in [-0.05, 0) is 6.42 Å². The third-order valence-electron chi connectivity index (χ3n) is 1.28. The monoisotopic (exact) mass is 488 g/mol. The topological polar surface area (TPSA) is 55.1 Å². The maximum atomic E-state index is 10.6. The number of carboxylic acid groups (broad SMARTS) is 1. The fourth-order valence-corrected chi connectivity index (χ4v) is 0.677. The Balaban J connectivity index is -0.0000000573. The standard InChI is InChI=1S/C6H10N2.C2HF3O2.Al.3BrH/c1-2-4-8-5-3-7-6-8;3-2(4,5)1(6)7;;;;/h3,5-6H,2,4H2,1H3;(H,6,7);;3*1H/q;;+3;;;/p-3. The molecule has 0 saturated carbocycles. The zero-order valence-corrected chi connectivity index (χ0v) is 15.7. The molecule has 0 spiro atoms. The molecule has 11 heteroatoms. The minimum absolute atomic E-state index is 0. The maximum Gasteiger partial charge on any atom is 3.00 e. The Labute approximate surface area is 151 Å². The molecule has 4 nitrogen and oxygen atoms in total. The first-order chi connectivity index (χ1) is 6.88. The molecule has 0 fully saturated rings. The molecule has 1 aromatic heterocycles. The molecule has 0 radical (unpaired) electrons. The molecule has 0 amide bonds. The molecule has 0 aliphatic rings. The number of aryl methyl sites for hydroxylation is 1. The first-order valence-electron chi connectivity index (χ1n) is 4.13.